The minimum Gasteiger partial charge on any atom is -0.496 e. The predicted molar refractivity (Wildman–Crippen MR) is 159 cm³/mol. The lowest BCUT2D eigenvalue weighted by Crippen LogP contribution is -2.38. The largest absolute Gasteiger partial charge is 0.496 e. The Kier molecular flexibility index (Phi) is 9.77. The van der Waals surface area contributed by atoms with E-state index < -0.39 is 24.5 Å². The molecule has 4 N–H and O–H groups in total. The number of methoxy groups -OCH3 is 1. The number of hydrogen-bond acceptors (Lipinski definition) is 7. The van der Waals surface area contributed by atoms with E-state index in [1.54, 1.807) is 61.8 Å². The van der Waals surface area contributed by atoms with Crippen LogP contribution in [0.3, 0.4) is 0 Å². The molecule has 0 fully saturated rings. The van der Waals surface area contributed by atoms with Crippen molar-refractivity contribution in [3.8, 4) is 5.75 Å². The van der Waals surface area contributed by atoms with E-state index in [2.05, 4.69) is 15.6 Å². The molecule has 42 heavy (non-hydrogen) atoms. The van der Waals surface area contributed by atoms with E-state index in [-0.39, 0.29) is 31.2 Å². The summed E-state index contributed by atoms with van der Waals surface area (Å²) >= 11 is 0. The third kappa shape index (κ3) is 7.87. The smallest absolute Gasteiger partial charge is 0.411 e. The Hall–Kier alpha value is -5.32. The maximum Gasteiger partial charge on any atom is 0.411 e. The van der Waals surface area contributed by atoms with Crippen LogP contribution >= 0.6 is 0 Å². The van der Waals surface area contributed by atoms with Gasteiger partial charge in [0.05, 0.1) is 20.3 Å². The zero-order valence-electron chi connectivity index (χ0n) is 23.3. The van der Waals surface area contributed by atoms with Crippen LogP contribution in [0.5, 0.6) is 5.75 Å². The number of hydrogen-bond donors (Lipinski definition) is 4. The number of aromatic nitrogens is 1. The van der Waals surface area contributed by atoms with Gasteiger partial charge in [0.2, 0.25) is 5.91 Å². The fraction of sp³-hybridized carbons (Fsp3) is 0.226. The van der Waals surface area contributed by atoms with Crippen LogP contribution in [0.4, 0.5) is 16.2 Å². The van der Waals surface area contributed by atoms with Gasteiger partial charge < -0.3 is 29.8 Å². The monoisotopic (exact) mass is 572 g/mol. The van der Waals surface area contributed by atoms with Crippen molar-refractivity contribution >= 4 is 40.1 Å². The van der Waals surface area contributed by atoms with Crippen LogP contribution in [0, 0.1) is 0 Å². The number of carboxylic acids is 1. The molecule has 0 radical (unpaired) electrons. The molecular formula is C31H32N4O7. The summed E-state index contributed by atoms with van der Waals surface area (Å²) in [5.74, 6) is -1.01. The molecule has 11 nitrogen and oxygen atoms in total. The first kappa shape index (κ1) is 29.7. The molecule has 0 aliphatic heterocycles. The predicted octanol–water partition coefficient (Wildman–Crippen LogP) is 4.41. The minimum atomic E-state index is -1.16. The number of benzene rings is 3. The highest BCUT2D eigenvalue weighted by Gasteiger charge is 2.18. The normalized spacial score (nSPS) is 11.4. The molecule has 1 unspecified atom stereocenters. The summed E-state index contributed by atoms with van der Waals surface area (Å²) in [5.41, 5.74) is 2.26. The zero-order valence-corrected chi connectivity index (χ0v) is 23.3. The van der Waals surface area contributed by atoms with Crippen molar-refractivity contribution in [2.75, 3.05) is 37.4 Å². The van der Waals surface area contributed by atoms with E-state index in [1.807, 2.05) is 31.2 Å². The van der Waals surface area contributed by atoms with E-state index >= 15 is 0 Å². The van der Waals surface area contributed by atoms with Gasteiger partial charge in [-0.25, -0.2) is 4.79 Å². The summed E-state index contributed by atoms with van der Waals surface area (Å²) in [7, 11) is 1.59. The Morgan fingerprint density at radius 2 is 1.81 bits per heavy atom. The van der Waals surface area contributed by atoms with Crippen LogP contribution < -0.4 is 20.9 Å². The topological polar surface area (TPSA) is 150 Å². The molecule has 3 aromatic carbocycles. The number of rotatable bonds is 12. The lowest BCUT2D eigenvalue weighted by Gasteiger charge is -2.22. The number of para-hydroxylation sites is 1. The highest BCUT2D eigenvalue weighted by Crippen LogP contribution is 2.26. The van der Waals surface area contributed by atoms with E-state index in [4.69, 9.17) is 9.47 Å². The lowest BCUT2D eigenvalue weighted by atomic mass is 10.0. The number of carboxylic acid groups (broad SMARTS) is 1. The number of ether oxygens (including phenoxy) is 2. The van der Waals surface area contributed by atoms with Gasteiger partial charge in [-0.05, 0) is 47.3 Å². The van der Waals surface area contributed by atoms with Crippen molar-refractivity contribution in [3.05, 3.63) is 100 Å². The first-order valence-corrected chi connectivity index (χ1v) is 13.2. The van der Waals surface area contributed by atoms with Crippen molar-refractivity contribution in [3.63, 3.8) is 0 Å². The molecule has 11 heteroatoms. The summed E-state index contributed by atoms with van der Waals surface area (Å²) in [6.07, 6.45) is 0.911. The average Bonchev–Trinajstić information content (AvgIpc) is 2.98. The van der Waals surface area contributed by atoms with Crippen LogP contribution in [-0.2, 0) is 20.9 Å². The molecule has 4 aromatic rings. The van der Waals surface area contributed by atoms with E-state index in [0.717, 1.165) is 10.9 Å². The van der Waals surface area contributed by atoms with Gasteiger partial charge in [0.25, 0.3) is 5.56 Å². The molecular weight excluding hydrogens is 540 g/mol. The Balaban J connectivity index is 1.35. The number of carbonyl (C=O) groups is 3. The minimum absolute atomic E-state index is 0.000392. The summed E-state index contributed by atoms with van der Waals surface area (Å²) in [5, 5.41) is 16.3. The Labute approximate surface area is 242 Å². The quantitative estimate of drug-likeness (QED) is 0.195. The molecule has 4 rings (SSSR count). The second kappa shape index (κ2) is 13.8. The molecule has 1 heterocycles. The van der Waals surface area contributed by atoms with Crippen molar-refractivity contribution in [2.45, 2.75) is 19.4 Å². The second-order valence-corrected chi connectivity index (χ2v) is 9.67. The summed E-state index contributed by atoms with van der Waals surface area (Å²) in [4.78, 5) is 52.9. The van der Waals surface area contributed by atoms with Gasteiger partial charge in [-0.2, -0.15) is 0 Å². The van der Waals surface area contributed by atoms with Crippen molar-refractivity contribution in [1.29, 1.82) is 0 Å². The molecule has 0 aliphatic rings. The molecule has 218 valence electrons. The first-order chi connectivity index (χ1) is 20.2. The Morgan fingerprint density at radius 1 is 1.00 bits per heavy atom. The van der Waals surface area contributed by atoms with Gasteiger partial charge in [-0.3, -0.25) is 19.7 Å². The molecule has 0 saturated heterocycles. The fourth-order valence-electron chi connectivity index (χ4n) is 4.46. The summed E-state index contributed by atoms with van der Waals surface area (Å²) in [6.45, 7) is 1.36. The second-order valence-electron chi connectivity index (χ2n) is 9.67. The standard InChI is InChI=1S/C31H32N4O7/c1-20(25-8-3-4-9-27(25)41-2)19-42-31(40)34-24-7-5-6-21(14-24)17-35(18-29(37)38)28(36)16-33-23-11-10-22-12-13-32-30(39)26(22)15-23/h3-15,20,33H,16-19H2,1-2H3,(H,32,39)(H,34,40)(H,37,38). The van der Waals surface area contributed by atoms with Gasteiger partial charge in [0.1, 0.15) is 12.3 Å². The molecule has 0 aliphatic carbocycles. The summed E-state index contributed by atoms with van der Waals surface area (Å²) in [6, 6.07) is 21.1. The van der Waals surface area contributed by atoms with Crippen LogP contribution in [0.1, 0.15) is 24.0 Å². The van der Waals surface area contributed by atoms with Crippen LogP contribution in [0.2, 0.25) is 0 Å². The molecule has 0 saturated carbocycles. The zero-order chi connectivity index (χ0) is 30.1. The number of H-pyrrole nitrogens is 1. The molecule has 2 amide bonds. The van der Waals surface area contributed by atoms with Crippen LogP contribution in [0.15, 0.2) is 83.8 Å². The number of fused-ring (bicyclic) bond motifs is 1. The lowest BCUT2D eigenvalue weighted by molar-refractivity contribution is -0.144. The SMILES string of the molecule is COc1ccccc1C(C)COC(=O)Nc1cccc(CN(CC(=O)O)C(=O)CNc2ccc3cc[nH]c(=O)c3c2)c1. The maximum absolute atomic E-state index is 13.0. The fourth-order valence-corrected chi connectivity index (χ4v) is 4.46. The van der Waals surface area contributed by atoms with E-state index in [1.165, 1.54) is 4.90 Å². The van der Waals surface area contributed by atoms with Gasteiger partial charge in [-0.1, -0.05) is 43.3 Å². The third-order valence-corrected chi connectivity index (χ3v) is 6.58. The number of pyridine rings is 1. The van der Waals surface area contributed by atoms with Crippen LogP contribution in [0.25, 0.3) is 10.8 Å². The summed E-state index contributed by atoms with van der Waals surface area (Å²) < 4.78 is 10.8. The highest BCUT2D eigenvalue weighted by molar-refractivity contribution is 5.88. The van der Waals surface area contributed by atoms with Crippen LogP contribution in [-0.4, -0.2) is 59.8 Å². The number of nitrogens with zero attached hydrogens (tertiary/aromatic N) is 1. The number of aromatic amines is 1. The number of nitrogens with one attached hydrogen (secondary N) is 3. The molecule has 0 bridgehead atoms. The Morgan fingerprint density at radius 3 is 2.60 bits per heavy atom. The molecule has 1 aromatic heterocycles. The molecule has 0 spiro atoms. The first-order valence-electron chi connectivity index (χ1n) is 13.2. The average molecular weight is 573 g/mol. The number of anilines is 2. The van der Waals surface area contributed by atoms with Gasteiger partial charge in [0, 0.05) is 41.0 Å². The maximum atomic E-state index is 13.0. The van der Waals surface area contributed by atoms with E-state index in [0.29, 0.717) is 28.1 Å². The van der Waals surface area contributed by atoms with Crippen molar-refractivity contribution in [2.24, 2.45) is 0 Å². The van der Waals surface area contributed by atoms with Crippen molar-refractivity contribution < 1.29 is 29.0 Å². The Bertz CT molecular complexity index is 1640. The number of aliphatic carboxylic acids is 1. The van der Waals surface area contributed by atoms with Gasteiger partial charge in [-0.15, -0.1) is 0 Å². The highest BCUT2D eigenvalue weighted by atomic mass is 16.5. The third-order valence-electron chi connectivity index (χ3n) is 6.58. The number of amides is 2. The van der Waals surface area contributed by atoms with E-state index in [9.17, 15) is 24.3 Å². The van der Waals surface area contributed by atoms with Gasteiger partial charge >= 0.3 is 12.1 Å². The van der Waals surface area contributed by atoms with Crippen molar-refractivity contribution in [1.82, 2.24) is 9.88 Å². The molecule has 1 atom stereocenters. The van der Waals surface area contributed by atoms with Gasteiger partial charge in [0.15, 0.2) is 0 Å². The number of carbonyl (C=O) groups excluding carboxylic acids is 2.